The van der Waals surface area contributed by atoms with Crippen LogP contribution in [0.3, 0.4) is 0 Å². The molecule has 94 valence electrons. The van der Waals surface area contributed by atoms with Gasteiger partial charge in [-0.1, -0.05) is 0 Å². The molecule has 0 bridgehead atoms. The van der Waals surface area contributed by atoms with Crippen molar-refractivity contribution in [2.24, 2.45) is 0 Å². The Bertz CT molecular complexity index is 404. The molecule has 1 N–H and O–H groups in total. The van der Waals surface area contributed by atoms with E-state index < -0.39 is 5.97 Å². The van der Waals surface area contributed by atoms with Crippen LogP contribution in [0.2, 0.25) is 0 Å². The first-order valence-electron chi connectivity index (χ1n) is 5.15. The summed E-state index contributed by atoms with van der Waals surface area (Å²) >= 11 is 1.48. The number of carbonyl (C=O) groups is 1. The smallest absolute Gasteiger partial charge is 0.304 e. The molecule has 1 aromatic carbocycles. The van der Waals surface area contributed by atoms with Gasteiger partial charge in [0.1, 0.15) is 11.5 Å². The molecular weight excluding hydrogens is 240 g/mol. The van der Waals surface area contributed by atoms with Crippen molar-refractivity contribution in [3.8, 4) is 11.5 Å². The molecule has 0 spiro atoms. The van der Waals surface area contributed by atoms with Crippen LogP contribution in [-0.2, 0) is 4.79 Å². The minimum atomic E-state index is -0.789. The Morgan fingerprint density at radius 1 is 1.35 bits per heavy atom. The zero-order valence-corrected chi connectivity index (χ0v) is 11.0. The molecular formula is C12H16O4S. The van der Waals surface area contributed by atoms with Gasteiger partial charge in [0, 0.05) is 11.8 Å². The van der Waals surface area contributed by atoms with Gasteiger partial charge in [0.2, 0.25) is 0 Å². The second kappa shape index (κ2) is 6.39. The van der Waals surface area contributed by atoms with Crippen LogP contribution in [0.15, 0.2) is 17.0 Å². The van der Waals surface area contributed by atoms with Gasteiger partial charge in [0.15, 0.2) is 0 Å². The highest BCUT2D eigenvalue weighted by Crippen LogP contribution is 2.36. The summed E-state index contributed by atoms with van der Waals surface area (Å²) in [6, 6.07) is 3.71. The van der Waals surface area contributed by atoms with E-state index in [4.69, 9.17) is 14.6 Å². The van der Waals surface area contributed by atoms with Gasteiger partial charge in [-0.15, -0.1) is 11.8 Å². The normalized spacial score (nSPS) is 10.1. The second-order valence-electron chi connectivity index (χ2n) is 3.47. The first-order valence-corrected chi connectivity index (χ1v) is 6.14. The molecule has 0 aliphatic heterocycles. The lowest BCUT2D eigenvalue weighted by molar-refractivity contribution is -0.136. The van der Waals surface area contributed by atoms with Crippen LogP contribution in [0.5, 0.6) is 11.5 Å². The predicted molar refractivity (Wildman–Crippen MR) is 67.3 cm³/mol. The third-order valence-corrected chi connectivity index (χ3v) is 3.45. The maximum atomic E-state index is 10.5. The largest absolute Gasteiger partial charge is 0.497 e. The first kappa shape index (κ1) is 13.7. The number of benzene rings is 1. The van der Waals surface area contributed by atoms with Crippen molar-refractivity contribution < 1.29 is 19.4 Å². The van der Waals surface area contributed by atoms with E-state index in [0.717, 1.165) is 22.0 Å². The molecule has 0 saturated heterocycles. The lowest BCUT2D eigenvalue weighted by Gasteiger charge is -2.12. The van der Waals surface area contributed by atoms with Crippen molar-refractivity contribution in [1.29, 1.82) is 0 Å². The molecule has 1 aromatic rings. The maximum absolute atomic E-state index is 10.5. The van der Waals surface area contributed by atoms with E-state index >= 15 is 0 Å². The summed E-state index contributed by atoms with van der Waals surface area (Å²) in [6.45, 7) is 1.95. The van der Waals surface area contributed by atoms with Crippen LogP contribution in [0.4, 0.5) is 0 Å². The third-order valence-electron chi connectivity index (χ3n) is 2.23. The average Bonchev–Trinajstić information content (AvgIpc) is 2.30. The number of aryl methyl sites for hydroxylation is 1. The fraction of sp³-hybridized carbons (Fsp3) is 0.417. The van der Waals surface area contributed by atoms with E-state index in [-0.39, 0.29) is 6.42 Å². The zero-order chi connectivity index (χ0) is 12.8. The summed E-state index contributed by atoms with van der Waals surface area (Å²) in [5, 5.41) is 8.60. The maximum Gasteiger partial charge on any atom is 0.304 e. The van der Waals surface area contributed by atoms with Gasteiger partial charge in [0.05, 0.1) is 25.5 Å². The van der Waals surface area contributed by atoms with E-state index in [9.17, 15) is 4.79 Å². The van der Waals surface area contributed by atoms with E-state index in [1.807, 2.05) is 13.0 Å². The van der Waals surface area contributed by atoms with Gasteiger partial charge in [-0.05, 0) is 18.6 Å². The van der Waals surface area contributed by atoms with Crippen LogP contribution < -0.4 is 9.47 Å². The molecule has 0 aliphatic carbocycles. The molecule has 0 unspecified atom stereocenters. The molecule has 0 atom stereocenters. The van der Waals surface area contributed by atoms with Crippen LogP contribution >= 0.6 is 11.8 Å². The highest BCUT2D eigenvalue weighted by Gasteiger charge is 2.10. The summed E-state index contributed by atoms with van der Waals surface area (Å²) in [7, 11) is 3.20. The molecule has 0 radical (unpaired) electrons. The van der Waals surface area contributed by atoms with Crippen LogP contribution in [0, 0.1) is 6.92 Å². The number of hydrogen-bond donors (Lipinski definition) is 1. The van der Waals surface area contributed by atoms with Gasteiger partial charge in [0.25, 0.3) is 0 Å². The lowest BCUT2D eigenvalue weighted by atomic mass is 10.2. The fourth-order valence-electron chi connectivity index (χ4n) is 1.40. The number of carboxylic acid groups (broad SMARTS) is 1. The quantitative estimate of drug-likeness (QED) is 0.793. The zero-order valence-electron chi connectivity index (χ0n) is 10.1. The lowest BCUT2D eigenvalue weighted by Crippen LogP contribution is -1.97. The van der Waals surface area contributed by atoms with E-state index in [2.05, 4.69) is 0 Å². The first-order chi connectivity index (χ1) is 8.08. The molecule has 0 heterocycles. The Kier molecular flexibility index (Phi) is 5.15. The van der Waals surface area contributed by atoms with Crippen molar-refractivity contribution in [1.82, 2.24) is 0 Å². The molecule has 1 rings (SSSR count). The van der Waals surface area contributed by atoms with Crippen molar-refractivity contribution in [3.63, 3.8) is 0 Å². The molecule has 0 saturated carbocycles. The molecule has 0 aliphatic rings. The Balaban J connectivity index is 2.86. The van der Waals surface area contributed by atoms with E-state index in [1.165, 1.54) is 11.8 Å². The number of thioether (sulfide) groups is 1. The Labute approximate surface area is 105 Å². The van der Waals surface area contributed by atoms with Gasteiger partial charge in [-0.3, -0.25) is 4.79 Å². The number of methoxy groups -OCH3 is 2. The molecule has 4 nitrogen and oxygen atoms in total. The topological polar surface area (TPSA) is 55.8 Å². The standard InChI is InChI=1S/C12H16O4S/c1-8-6-9(15-2)7-10(16-3)12(8)17-5-4-11(13)14/h6-7H,4-5H2,1-3H3,(H,13,14). The predicted octanol–water partition coefficient (Wildman–Crippen LogP) is 2.58. The van der Waals surface area contributed by atoms with Crippen LogP contribution in [0.1, 0.15) is 12.0 Å². The van der Waals surface area contributed by atoms with Crippen molar-refractivity contribution in [2.45, 2.75) is 18.2 Å². The third kappa shape index (κ3) is 3.85. The summed E-state index contributed by atoms with van der Waals surface area (Å²) < 4.78 is 10.4. The molecule has 0 amide bonds. The van der Waals surface area contributed by atoms with Crippen molar-refractivity contribution in [2.75, 3.05) is 20.0 Å². The Morgan fingerprint density at radius 2 is 2.06 bits per heavy atom. The Hall–Kier alpha value is -1.36. The van der Waals surface area contributed by atoms with Gasteiger partial charge >= 0.3 is 5.97 Å². The number of carboxylic acids is 1. The fourth-order valence-corrected chi connectivity index (χ4v) is 2.46. The van der Waals surface area contributed by atoms with Crippen molar-refractivity contribution in [3.05, 3.63) is 17.7 Å². The van der Waals surface area contributed by atoms with Gasteiger partial charge in [-0.2, -0.15) is 0 Å². The molecule has 0 aromatic heterocycles. The minimum Gasteiger partial charge on any atom is -0.497 e. The van der Waals surface area contributed by atoms with Crippen LogP contribution in [0.25, 0.3) is 0 Å². The van der Waals surface area contributed by atoms with Gasteiger partial charge < -0.3 is 14.6 Å². The second-order valence-corrected chi connectivity index (χ2v) is 4.57. The van der Waals surface area contributed by atoms with Gasteiger partial charge in [-0.25, -0.2) is 0 Å². The number of rotatable bonds is 6. The van der Waals surface area contributed by atoms with E-state index in [1.54, 1.807) is 20.3 Å². The molecule has 0 fully saturated rings. The number of hydrogen-bond acceptors (Lipinski definition) is 4. The highest BCUT2D eigenvalue weighted by atomic mass is 32.2. The molecule has 5 heteroatoms. The monoisotopic (exact) mass is 256 g/mol. The summed E-state index contributed by atoms with van der Waals surface area (Å²) in [6.07, 6.45) is 0.138. The highest BCUT2D eigenvalue weighted by molar-refractivity contribution is 7.99. The van der Waals surface area contributed by atoms with Crippen molar-refractivity contribution >= 4 is 17.7 Å². The molecule has 17 heavy (non-hydrogen) atoms. The van der Waals surface area contributed by atoms with E-state index in [0.29, 0.717) is 5.75 Å². The summed E-state index contributed by atoms with van der Waals surface area (Å²) in [5.74, 6) is 1.19. The summed E-state index contributed by atoms with van der Waals surface area (Å²) in [5.41, 5.74) is 1.02. The van der Waals surface area contributed by atoms with Crippen LogP contribution in [-0.4, -0.2) is 31.0 Å². The number of aliphatic carboxylic acids is 1. The SMILES string of the molecule is COc1cc(C)c(SCCC(=O)O)c(OC)c1. The minimum absolute atomic E-state index is 0.138. The Morgan fingerprint density at radius 3 is 2.59 bits per heavy atom. The summed E-state index contributed by atoms with van der Waals surface area (Å²) in [4.78, 5) is 11.4. The average molecular weight is 256 g/mol. The number of ether oxygens (including phenoxy) is 2.